The monoisotopic (exact) mass is 334 g/mol. The predicted octanol–water partition coefficient (Wildman–Crippen LogP) is 4.06. The third-order valence-corrected chi connectivity index (χ3v) is 4.79. The highest BCUT2D eigenvalue weighted by Crippen LogP contribution is 2.27. The summed E-state index contributed by atoms with van der Waals surface area (Å²) in [5.74, 6) is 0.804. The maximum atomic E-state index is 12.5. The van der Waals surface area contributed by atoms with Gasteiger partial charge in [0.1, 0.15) is 11.3 Å². The zero-order valence-corrected chi connectivity index (χ0v) is 14.4. The number of fused-ring (bicyclic) bond motifs is 2. The topological polar surface area (TPSA) is 45.5 Å². The normalized spacial score (nSPS) is 15.0. The number of para-hydroxylation sites is 2. The number of furan rings is 1. The summed E-state index contributed by atoms with van der Waals surface area (Å²) in [5, 5.41) is 4.12. The van der Waals surface area contributed by atoms with Crippen molar-refractivity contribution in [2.75, 3.05) is 18.0 Å². The van der Waals surface area contributed by atoms with Gasteiger partial charge in [-0.15, -0.1) is 0 Å². The Morgan fingerprint density at radius 2 is 2.00 bits per heavy atom. The predicted molar refractivity (Wildman–Crippen MR) is 99.7 cm³/mol. The summed E-state index contributed by atoms with van der Waals surface area (Å²) >= 11 is 0. The highest BCUT2D eigenvalue weighted by Gasteiger charge is 2.20. The first kappa shape index (κ1) is 15.8. The molecule has 1 aromatic heterocycles. The Hall–Kier alpha value is -2.75. The molecule has 0 saturated carbocycles. The van der Waals surface area contributed by atoms with Crippen LogP contribution in [-0.2, 0) is 11.2 Å². The molecule has 1 aliphatic heterocycles. The van der Waals surface area contributed by atoms with Gasteiger partial charge in [0, 0.05) is 17.6 Å². The van der Waals surface area contributed by atoms with Gasteiger partial charge in [0.25, 0.3) is 0 Å². The number of nitrogens with one attached hydrogen (secondary N) is 1. The van der Waals surface area contributed by atoms with Crippen molar-refractivity contribution in [2.24, 2.45) is 0 Å². The third kappa shape index (κ3) is 3.25. The van der Waals surface area contributed by atoms with Crippen LogP contribution in [0.2, 0.25) is 0 Å². The van der Waals surface area contributed by atoms with E-state index in [0.717, 1.165) is 36.1 Å². The fourth-order valence-corrected chi connectivity index (χ4v) is 3.52. The number of aryl methyl sites for hydroxylation is 1. The number of hydrogen-bond acceptors (Lipinski definition) is 3. The van der Waals surface area contributed by atoms with Gasteiger partial charge >= 0.3 is 0 Å². The molecule has 0 unspecified atom stereocenters. The highest BCUT2D eigenvalue weighted by atomic mass is 16.3. The van der Waals surface area contributed by atoms with Gasteiger partial charge < -0.3 is 14.6 Å². The molecule has 1 atom stereocenters. The quantitative estimate of drug-likeness (QED) is 0.782. The van der Waals surface area contributed by atoms with Crippen molar-refractivity contribution < 1.29 is 9.21 Å². The standard InChI is InChI=1S/C21H22N2O2/c1-15(20-13-17-8-3-5-11-19(17)25-20)22-21(24)14-23-12-6-9-16-7-2-4-10-18(16)23/h2-5,7-8,10-11,13,15H,6,9,12,14H2,1H3,(H,22,24)/t15-/m1/s1. The summed E-state index contributed by atoms with van der Waals surface area (Å²) in [6, 6.07) is 18.1. The molecule has 4 nitrogen and oxygen atoms in total. The molecule has 1 amide bonds. The Morgan fingerprint density at radius 3 is 2.88 bits per heavy atom. The van der Waals surface area contributed by atoms with Gasteiger partial charge in [-0.25, -0.2) is 0 Å². The fourth-order valence-electron chi connectivity index (χ4n) is 3.52. The molecule has 0 radical (unpaired) electrons. The fraction of sp³-hybridized carbons (Fsp3) is 0.286. The maximum absolute atomic E-state index is 12.5. The van der Waals surface area contributed by atoms with Crippen LogP contribution < -0.4 is 10.2 Å². The van der Waals surface area contributed by atoms with Crippen LogP contribution in [0.15, 0.2) is 59.0 Å². The number of rotatable bonds is 4. The number of amides is 1. The number of nitrogens with zero attached hydrogens (tertiary/aromatic N) is 1. The first-order valence-corrected chi connectivity index (χ1v) is 8.81. The lowest BCUT2D eigenvalue weighted by Crippen LogP contribution is -2.40. The van der Waals surface area contributed by atoms with Crippen LogP contribution in [0.4, 0.5) is 5.69 Å². The van der Waals surface area contributed by atoms with Crippen molar-refractivity contribution in [1.82, 2.24) is 5.32 Å². The van der Waals surface area contributed by atoms with E-state index in [4.69, 9.17) is 4.42 Å². The van der Waals surface area contributed by atoms with E-state index in [1.807, 2.05) is 43.3 Å². The molecule has 0 aliphatic carbocycles. The van der Waals surface area contributed by atoms with E-state index in [9.17, 15) is 4.79 Å². The molecule has 3 aromatic rings. The second-order valence-corrected chi connectivity index (χ2v) is 6.63. The summed E-state index contributed by atoms with van der Waals surface area (Å²) in [7, 11) is 0. The van der Waals surface area contributed by atoms with Crippen LogP contribution >= 0.6 is 0 Å². The van der Waals surface area contributed by atoms with Crippen molar-refractivity contribution in [3.8, 4) is 0 Å². The van der Waals surface area contributed by atoms with Crippen LogP contribution in [0, 0.1) is 0 Å². The molecule has 128 valence electrons. The van der Waals surface area contributed by atoms with Gasteiger partial charge in [-0.05, 0) is 43.5 Å². The number of carbonyl (C=O) groups excluding carboxylic acids is 1. The van der Waals surface area contributed by atoms with Gasteiger partial charge in [0.05, 0.1) is 12.6 Å². The molecular formula is C21H22N2O2. The molecule has 0 spiro atoms. The highest BCUT2D eigenvalue weighted by molar-refractivity contribution is 5.83. The molecule has 25 heavy (non-hydrogen) atoms. The number of hydrogen-bond donors (Lipinski definition) is 1. The molecule has 4 heteroatoms. The van der Waals surface area contributed by atoms with Crippen molar-refractivity contribution >= 4 is 22.6 Å². The zero-order valence-electron chi connectivity index (χ0n) is 14.4. The number of carbonyl (C=O) groups is 1. The second kappa shape index (κ2) is 6.63. The van der Waals surface area contributed by atoms with E-state index < -0.39 is 0 Å². The minimum absolute atomic E-state index is 0.0182. The van der Waals surface area contributed by atoms with Crippen LogP contribution in [0.3, 0.4) is 0 Å². The van der Waals surface area contributed by atoms with Crippen LogP contribution in [0.25, 0.3) is 11.0 Å². The zero-order chi connectivity index (χ0) is 17.2. The third-order valence-electron chi connectivity index (χ3n) is 4.79. The van der Waals surface area contributed by atoms with Gasteiger partial charge in [-0.1, -0.05) is 36.4 Å². The Balaban J connectivity index is 1.44. The molecule has 0 saturated heterocycles. The lowest BCUT2D eigenvalue weighted by molar-refractivity contribution is -0.120. The number of anilines is 1. The van der Waals surface area contributed by atoms with Crippen LogP contribution in [0.1, 0.15) is 30.7 Å². The van der Waals surface area contributed by atoms with E-state index in [-0.39, 0.29) is 11.9 Å². The maximum Gasteiger partial charge on any atom is 0.240 e. The average molecular weight is 334 g/mol. The smallest absolute Gasteiger partial charge is 0.240 e. The SMILES string of the molecule is C[C@@H](NC(=O)CN1CCCc2ccccc21)c1cc2ccccc2o1. The molecule has 2 aromatic carbocycles. The lowest BCUT2D eigenvalue weighted by atomic mass is 10.0. The summed E-state index contributed by atoms with van der Waals surface area (Å²) in [4.78, 5) is 14.7. The first-order valence-electron chi connectivity index (χ1n) is 8.81. The Morgan fingerprint density at radius 1 is 1.20 bits per heavy atom. The van der Waals surface area contributed by atoms with E-state index in [1.54, 1.807) is 0 Å². The lowest BCUT2D eigenvalue weighted by Gasteiger charge is -2.31. The summed E-state index contributed by atoms with van der Waals surface area (Å²) < 4.78 is 5.85. The molecule has 2 heterocycles. The van der Waals surface area contributed by atoms with E-state index in [0.29, 0.717) is 6.54 Å². The summed E-state index contributed by atoms with van der Waals surface area (Å²) in [5.41, 5.74) is 3.36. The largest absolute Gasteiger partial charge is 0.459 e. The average Bonchev–Trinajstić information content (AvgIpc) is 3.06. The molecule has 0 bridgehead atoms. The minimum Gasteiger partial charge on any atom is -0.459 e. The van der Waals surface area contributed by atoms with Crippen molar-refractivity contribution in [2.45, 2.75) is 25.8 Å². The van der Waals surface area contributed by atoms with E-state index in [1.165, 1.54) is 11.3 Å². The van der Waals surface area contributed by atoms with Gasteiger partial charge in [-0.3, -0.25) is 4.79 Å². The minimum atomic E-state index is -0.153. The van der Waals surface area contributed by atoms with E-state index >= 15 is 0 Å². The summed E-state index contributed by atoms with van der Waals surface area (Å²) in [6.45, 7) is 3.25. The number of benzene rings is 2. The Kier molecular flexibility index (Phi) is 4.18. The van der Waals surface area contributed by atoms with Crippen LogP contribution in [-0.4, -0.2) is 19.0 Å². The molecule has 4 rings (SSSR count). The van der Waals surface area contributed by atoms with E-state index in [2.05, 4.69) is 28.4 Å². The molecule has 1 N–H and O–H groups in total. The molecular weight excluding hydrogens is 312 g/mol. The van der Waals surface area contributed by atoms with Crippen molar-refractivity contribution in [1.29, 1.82) is 0 Å². The first-order chi connectivity index (χ1) is 12.2. The van der Waals surface area contributed by atoms with Crippen molar-refractivity contribution in [3.63, 3.8) is 0 Å². The Labute approximate surface area is 147 Å². The second-order valence-electron chi connectivity index (χ2n) is 6.63. The van der Waals surface area contributed by atoms with Gasteiger partial charge in [-0.2, -0.15) is 0 Å². The summed E-state index contributed by atoms with van der Waals surface area (Å²) in [6.07, 6.45) is 2.17. The Bertz CT molecular complexity index is 867. The van der Waals surface area contributed by atoms with Gasteiger partial charge in [0.2, 0.25) is 5.91 Å². The molecule has 1 aliphatic rings. The van der Waals surface area contributed by atoms with Gasteiger partial charge in [0.15, 0.2) is 0 Å². The van der Waals surface area contributed by atoms with Crippen LogP contribution in [0.5, 0.6) is 0 Å². The molecule has 0 fully saturated rings. The van der Waals surface area contributed by atoms with Crippen molar-refractivity contribution in [3.05, 3.63) is 65.9 Å².